The molecule has 124 valence electrons. The molecule has 0 fully saturated rings. The standard InChI is InChI=1S/C17H32O4/c1-15(14-18-12-13-21-17(5,6)7)19-10-8-9-11-20-16(2,3)4/h15H,10-14H2,1-7H3. The largest absolute Gasteiger partial charge is 0.376 e. The molecule has 0 aliphatic heterocycles. The highest BCUT2D eigenvalue weighted by Crippen LogP contribution is 2.06. The van der Waals surface area contributed by atoms with E-state index in [1.807, 2.05) is 48.5 Å². The highest BCUT2D eigenvalue weighted by molar-refractivity contribution is 4.99. The Labute approximate surface area is 130 Å². The molecule has 0 N–H and O–H groups in total. The van der Waals surface area contributed by atoms with E-state index >= 15 is 0 Å². The fourth-order valence-corrected chi connectivity index (χ4v) is 1.24. The Kier molecular flexibility index (Phi) is 9.89. The SMILES string of the molecule is CC(COCCOC(C)(C)C)OCC#CCOC(C)(C)C. The molecule has 0 aliphatic carbocycles. The van der Waals surface area contributed by atoms with Crippen LogP contribution in [-0.2, 0) is 18.9 Å². The lowest BCUT2D eigenvalue weighted by atomic mass is 10.2. The van der Waals surface area contributed by atoms with E-state index in [-0.39, 0.29) is 17.3 Å². The Balaban J connectivity index is 3.51. The van der Waals surface area contributed by atoms with Crippen molar-refractivity contribution in [3.8, 4) is 11.8 Å². The first kappa shape index (κ1) is 20.4. The third-order valence-corrected chi connectivity index (χ3v) is 2.26. The van der Waals surface area contributed by atoms with Gasteiger partial charge in [0.1, 0.15) is 13.2 Å². The van der Waals surface area contributed by atoms with Gasteiger partial charge in [-0.25, -0.2) is 0 Å². The van der Waals surface area contributed by atoms with Gasteiger partial charge in [-0.15, -0.1) is 0 Å². The molecule has 0 saturated heterocycles. The van der Waals surface area contributed by atoms with Crippen molar-refractivity contribution in [2.45, 2.75) is 65.8 Å². The Bertz CT molecular complexity index is 314. The van der Waals surface area contributed by atoms with Gasteiger partial charge in [0.2, 0.25) is 0 Å². The summed E-state index contributed by atoms with van der Waals surface area (Å²) in [6.45, 7) is 16.6. The lowest BCUT2D eigenvalue weighted by Gasteiger charge is -2.19. The minimum absolute atomic E-state index is 0.0254. The lowest BCUT2D eigenvalue weighted by Crippen LogP contribution is -2.23. The Morgan fingerprint density at radius 2 is 1.38 bits per heavy atom. The summed E-state index contributed by atoms with van der Waals surface area (Å²) in [7, 11) is 0. The third-order valence-electron chi connectivity index (χ3n) is 2.26. The molecular formula is C17H32O4. The smallest absolute Gasteiger partial charge is 0.108 e. The molecular weight excluding hydrogens is 268 g/mol. The van der Waals surface area contributed by atoms with Crippen LogP contribution in [-0.4, -0.2) is 50.3 Å². The summed E-state index contributed by atoms with van der Waals surface area (Å²) in [6.07, 6.45) is 0.0254. The average molecular weight is 300 g/mol. The quantitative estimate of drug-likeness (QED) is 0.510. The van der Waals surface area contributed by atoms with Gasteiger partial charge in [-0.3, -0.25) is 0 Å². The number of hydrogen-bond acceptors (Lipinski definition) is 4. The molecule has 21 heavy (non-hydrogen) atoms. The summed E-state index contributed by atoms with van der Waals surface area (Å²) >= 11 is 0. The van der Waals surface area contributed by atoms with Gasteiger partial charge >= 0.3 is 0 Å². The molecule has 0 heterocycles. The van der Waals surface area contributed by atoms with Crippen molar-refractivity contribution in [3.63, 3.8) is 0 Å². The third kappa shape index (κ3) is 17.3. The molecule has 0 rings (SSSR count). The molecule has 0 amide bonds. The van der Waals surface area contributed by atoms with Crippen LogP contribution in [0.2, 0.25) is 0 Å². The van der Waals surface area contributed by atoms with E-state index in [2.05, 4.69) is 11.8 Å². The summed E-state index contributed by atoms with van der Waals surface area (Å²) < 4.78 is 22.1. The van der Waals surface area contributed by atoms with Crippen molar-refractivity contribution in [3.05, 3.63) is 0 Å². The molecule has 0 spiro atoms. The average Bonchev–Trinajstić information content (AvgIpc) is 2.30. The van der Waals surface area contributed by atoms with E-state index in [1.165, 1.54) is 0 Å². The zero-order valence-electron chi connectivity index (χ0n) is 14.7. The lowest BCUT2D eigenvalue weighted by molar-refractivity contribution is -0.0527. The first-order valence-electron chi connectivity index (χ1n) is 7.53. The van der Waals surface area contributed by atoms with E-state index in [0.29, 0.717) is 33.0 Å². The van der Waals surface area contributed by atoms with E-state index < -0.39 is 0 Å². The molecule has 0 aromatic carbocycles. The van der Waals surface area contributed by atoms with Gasteiger partial charge in [0, 0.05) is 0 Å². The van der Waals surface area contributed by atoms with Gasteiger partial charge < -0.3 is 18.9 Å². The molecule has 0 radical (unpaired) electrons. The molecule has 0 saturated carbocycles. The van der Waals surface area contributed by atoms with E-state index in [0.717, 1.165) is 0 Å². The first-order chi connectivity index (χ1) is 9.60. The summed E-state index contributed by atoms with van der Waals surface area (Å²) in [5, 5.41) is 0. The normalized spacial score (nSPS) is 13.7. The zero-order valence-corrected chi connectivity index (χ0v) is 14.7. The van der Waals surface area contributed by atoms with Crippen LogP contribution >= 0.6 is 0 Å². The van der Waals surface area contributed by atoms with E-state index in [1.54, 1.807) is 0 Å². The predicted octanol–water partition coefficient (Wildman–Crippen LogP) is 3.04. The van der Waals surface area contributed by atoms with Crippen LogP contribution in [0.3, 0.4) is 0 Å². The van der Waals surface area contributed by atoms with Gasteiger partial charge in [0.25, 0.3) is 0 Å². The minimum atomic E-state index is -0.147. The van der Waals surface area contributed by atoms with Crippen molar-refractivity contribution in [1.29, 1.82) is 0 Å². The molecule has 1 unspecified atom stereocenters. The van der Waals surface area contributed by atoms with Gasteiger partial charge in [0.15, 0.2) is 0 Å². The summed E-state index contributed by atoms with van der Waals surface area (Å²) in [6, 6.07) is 0. The number of hydrogen-bond donors (Lipinski definition) is 0. The van der Waals surface area contributed by atoms with Crippen LogP contribution in [0.5, 0.6) is 0 Å². The van der Waals surface area contributed by atoms with Crippen LogP contribution < -0.4 is 0 Å². The molecule has 0 aromatic heterocycles. The zero-order chi connectivity index (χ0) is 16.4. The molecule has 0 bridgehead atoms. The second-order valence-electron chi connectivity index (χ2n) is 6.91. The maximum atomic E-state index is 5.56. The molecule has 4 nitrogen and oxygen atoms in total. The molecule has 4 heteroatoms. The van der Waals surface area contributed by atoms with Crippen LogP contribution in [0.25, 0.3) is 0 Å². The van der Waals surface area contributed by atoms with Crippen LogP contribution in [0.15, 0.2) is 0 Å². The van der Waals surface area contributed by atoms with Crippen molar-refractivity contribution >= 4 is 0 Å². The van der Waals surface area contributed by atoms with Crippen LogP contribution in [0.1, 0.15) is 48.5 Å². The van der Waals surface area contributed by atoms with Crippen molar-refractivity contribution < 1.29 is 18.9 Å². The fourth-order valence-electron chi connectivity index (χ4n) is 1.24. The van der Waals surface area contributed by atoms with Crippen molar-refractivity contribution in [2.75, 3.05) is 33.0 Å². The maximum Gasteiger partial charge on any atom is 0.108 e. The molecule has 0 aromatic rings. The van der Waals surface area contributed by atoms with Crippen molar-refractivity contribution in [1.82, 2.24) is 0 Å². The minimum Gasteiger partial charge on any atom is -0.376 e. The first-order valence-corrected chi connectivity index (χ1v) is 7.53. The second kappa shape index (κ2) is 10.2. The highest BCUT2D eigenvalue weighted by atomic mass is 16.6. The van der Waals surface area contributed by atoms with Crippen molar-refractivity contribution in [2.24, 2.45) is 0 Å². The predicted molar refractivity (Wildman–Crippen MR) is 85.4 cm³/mol. The number of rotatable bonds is 8. The van der Waals surface area contributed by atoms with Gasteiger partial charge in [-0.05, 0) is 48.5 Å². The maximum absolute atomic E-state index is 5.56. The Hall–Kier alpha value is -0.600. The Morgan fingerprint density at radius 3 is 1.95 bits per heavy atom. The second-order valence-corrected chi connectivity index (χ2v) is 6.91. The highest BCUT2D eigenvalue weighted by Gasteiger charge is 2.09. The van der Waals surface area contributed by atoms with E-state index in [4.69, 9.17) is 18.9 Å². The van der Waals surface area contributed by atoms with Gasteiger partial charge in [0.05, 0.1) is 37.1 Å². The fraction of sp³-hybridized carbons (Fsp3) is 0.882. The van der Waals surface area contributed by atoms with Gasteiger partial charge in [-0.1, -0.05) is 11.8 Å². The number of ether oxygens (including phenoxy) is 4. The molecule has 1 atom stereocenters. The van der Waals surface area contributed by atoms with Gasteiger partial charge in [-0.2, -0.15) is 0 Å². The van der Waals surface area contributed by atoms with Crippen LogP contribution in [0, 0.1) is 11.8 Å². The van der Waals surface area contributed by atoms with Crippen LogP contribution in [0.4, 0.5) is 0 Å². The monoisotopic (exact) mass is 300 g/mol. The summed E-state index contributed by atoms with van der Waals surface area (Å²) in [5.41, 5.74) is -0.262. The molecule has 0 aliphatic rings. The summed E-state index contributed by atoms with van der Waals surface area (Å²) in [4.78, 5) is 0. The topological polar surface area (TPSA) is 36.9 Å². The van der Waals surface area contributed by atoms with E-state index in [9.17, 15) is 0 Å². The summed E-state index contributed by atoms with van der Waals surface area (Å²) in [5.74, 6) is 5.87. The Morgan fingerprint density at radius 1 is 0.810 bits per heavy atom.